The summed E-state index contributed by atoms with van der Waals surface area (Å²) in [5.41, 5.74) is -1.79. The molecule has 1 unspecified atom stereocenters. The first-order valence-corrected chi connectivity index (χ1v) is 9.06. The van der Waals surface area contributed by atoms with Crippen LogP contribution in [0, 0.1) is 17.8 Å². The molecule has 0 heterocycles. The maximum absolute atomic E-state index is 12.8. The number of carbonyl (C=O) groups excluding carboxylic acids is 3. The van der Waals surface area contributed by atoms with Crippen LogP contribution in [0.3, 0.4) is 0 Å². The predicted molar refractivity (Wildman–Crippen MR) is 93.9 cm³/mol. The van der Waals surface area contributed by atoms with Crippen molar-refractivity contribution in [1.29, 1.82) is 0 Å². The van der Waals surface area contributed by atoms with Gasteiger partial charge in [0, 0.05) is 5.92 Å². The Kier molecular flexibility index (Phi) is 5.80. The van der Waals surface area contributed by atoms with Gasteiger partial charge in [0.25, 0.3) is 0 Å². The molecule has 2 saturated carbocycles. The number of aliphatic hydroxyl groups is 1. The first-order chi connectivity index (χ1) is 12.0. The summed E-state index contributed by atoms with van der Waals surface area (Å²) in [5.74, 6) is -3.10. The lowest BCUT2D eigenvalue weighted by Gasteiger charge is -2.26. The van der Waals surface area contributed by atoms with Crippen molar-refractivity contribution < 1.29 is 29.0 Å². The normalized spacial score (nSPS) is 33.3. The fourth-order valence-corrected chi connectivity index (χ4v) is 3.51. The highest BCUT2D eigenvalue weighted by Crippen LogP contribution is 2.46. The number of carbonyl (C=O) groups is 3. The van der Waals surface area contributed by atoms with Gasteiger partial charge in [0.05, 0.1) is 24.5 Å². The first kappa shape index (κ1) is 20.4. The van der Waals surface area contributed by atoms with Crippen LogP contribution in [-0.4, -0.2) is 46.8 Å². The molecule has 2 aliphatic carbocycles. The first-order valence-electron chi connectivity index (χ1n) is 9.06. The lowest BCUT2D eigenvalue weighted by atomic mass is 9.94. The molecule has 1 amide bonds. The second kappa shape index (κ2) is 7.39. The van der Waals surface area contributed by atoms with E-state index in [1.165, 1.54) is 0 Å². The van der Waals surface area contributed by atoms with Crippen molar-refractivity contribution in [1.82, 2.24) is 5.32 Å². The van der Waals surface area contributed by atoms with E-state index in [9.17, 15) is 19.5 Å². The highest BCUT2D eigenvalue weighted by atomic mass is 16.6. The maximum Gasteiger partial charge on any atom is 0.332 e. The molecule has 2 N–H and O–H groups in total. The zero-order valence-electron chi connectivity index (χ0n) is 15.9. The molecule has 26 heavy (non-hydrogen) atoms. The smallest absolute Gasteiger partial charge is 0.332 e. The Morgan fingerprint density at radius 3 is 2.38 bits per heavy atom. The summed E-state index contributed by atoms with van der Waals surface area (Å²) in [7, 11) is 0. The van der Waals surface area contributed by atoms with Crippen LogP contribution in [0.25, 0.3) is 0 Å². The van der Waals surface area contributed by atoms with Gasteiger partial charge in [-0.3, -0.25) is 9.59 Å². The lowest BCUT2D eigenvalue weighted by molar-refractivity contribution is -0.163. The van der Waals surface area contributed by atoms with E-state index in [0.717, 1.165) is 0 Å². The summed E-state index contributed by atoms with van der Waals surface area (Å²) in [6.45, 7) is 10.8. The van der Waals surface area contributed by atoms with E-state index in [-0.39, 0.29) is 25.4 Å². The Morgan fingerprint density at radius 2 is 1.88 bits per heavy atom. The molecule has 7 heteroatoms. The van der Waals surface area contributed by atoms with Crippen molar-refractivity contribution in [2.45, 2.75) is 64.2 Å². The minimum absolute atomic E-state index is 0.160. The summed E-state index contributed by atoms with van der Waals surface area (Å²) < 4.78 is 10.5. The van der Waals surface area contributed by atoms with Crippen molar-refractivity contribution in [2.24, 2.45) is 17.8 Å². The third-order valence-electron chi connectivity index (χ3n) is 4.87. The number of rotatable bonds is 6. The third-order valence-corrected chi connectivity index (χ3v) is 4.87. The average Bonchev–Trinajstić information content (AvgIpc) is 3.09. The summed E-state index contributed by atoms with van der Waals surface area (Å²) in [6, 6.07) is 0. The molecule has 0 aromatic rings. The molecule has 0 bridgehead atoms. The van der Waals surface area contributed by atoms with Gasteiger partial charge in [-0.25, -0.2) is 4.79 Å². The van der Waals surface area contributed by atoms with Gasteiger partial charge in [0.15, 0.2) is 0 Å². The second-order valence-electron chi connectivity index (χ2n) is 8.10. The van der Waals surface area contributed by atoms with Gasteiger partial charge in [-0.1, -0.05) is 6.08 Å². The zero-order chi connectivity index (χ0) is 19.7. The number of amides is 1. The molecule has 146 valence electrons. The van der Waals surface area contributed by atoms with E-state index in [0.29, 0.717) is 6.42 Å². The summed E-state index contributed by atoms with van der Waals surface area (Å²) in [6.07, 6.45) is 1.62. The fourth-order valence-electron chi connectivity index (χ4n) is 3.51. The molecule has 0 aromatic heterocycles. The Balaban J connectivity index is 2.12. The van der Waals surface area contributed by atoms with Crippen LogP contribution in [0.2, 0.25) is 0 Å². The molecular formula is C19H29NO6. The number of aliphatic hydroxyl groups excluding tert-OH is 1. The Labute approximate surface area is 154 Å². The van der Waals surface area contributed by atoms with Crippen molar-refractivity contribution in [3.63, 3.8) is 0 Å². The van der Waals surface area contributed by atoms with Crippen LogP contribution >= 0.6 is 0 Å². The second-order valence-corrected chi connectivity index (χ2v) is 8.10. The molecule has 5 atom stereocenters. The van der Waals surface area contributed by atoms with Gasteiger partial charge in [0.2, 0.25) is 5.91 Å². The summed E-state index contributed by atoms with van der Waals surface area (Å²) >= 11 is 0. The molecular weight excluding hydrogens is 338 g/mol. The highest BCUT2D eigenvalue weighted by molar-refractivity contribution is 5.94. The molecule has 0 spiro atoms. The number of hydrogen-bond donors (Lipinski definition) is 2. The van der Waals surface area contributed by atoms with E-state index < -0.39 is 46.9 Å². The maximum atomic E-state index is 12.8. The van der Waals surface area contributed by atoms with E-state index in [2.05, 4.69) is 11.9 Å². The predicted octanol–water partition coefficient (Wildman–Crippen LogP) is 1.34. The van der Waals surface area contributed by atoms with Crippen LogP contribution in [0.5, 0.6) is 0 Å². The monoisotopic (exact) mass is 367 g/mol. The summed E-state index contributed by atoms with van der Waals surface area (Å²) in [4.78, 5) is 37.6. The quantitative estimate of drug-likeness (QED) is 0.543. The van der Waals surface area contributed by atoms with Gasteiger partial charge in [-0.05, 0) is 47.0 Å². The van der Waals surface area contributed by atoms with E-state index in [1.807, 2.05) is 0 Å². The Morgan fingerprint density at radius 1 is 1.27 bits per heavy atom. The van der Waals surface area contributed by atoms with Crippen molar-refractivity contribution in [2.75, 3.05) is 6.61 Å². The average molecular weight is 367 g/mol. The van der Waals surface area contributed by atoms with Gasteiger partial charge in [0.1, 0.15) is 11.1 Å². The number of ether oxygens (including phenoxy) is 2. The van der Waals surface area contributed by atoms with Crippen LogP contribution in [0.1, 0.15) is 47.0 Å². The van der Waals surface area contributed by atoms with E-state index in [4.69, 9.17) is 9.47 Å². The van der Waals surface area contributed by atoms with Crippen molar-refractivity contribution >= 4 is 17.8 Å². The van der Waals surface area contributed by atoms with Crippen molar-refractivity contribution in [3.05, 3.63) is 12.7 Å². The molecule has 0 aromatic carbocycles. The topological polar surface area (TPSA) is 102 Å². The van der Waals surface area contributed by atoms with Gasteiger partial charge in [-0.15, -0.1) is 6.58 Å². The minimum Gasteiger partial charge on any atom is -0.464 e. The number of hydrogen-bond acceptors (Lipinski definition) is 6. The molecule has 2 fully saturated rings. The SMILES string of the molecule is C=C[C@@H]1C[C@]1(NC(=O)[C@@H]1CC(O)C[C@H]1C(=O)OC(C)(C)C)C(=O)OCC. The minimum atomic E-state index is -1.11. The lowest BCUT2D eigenvalue weighted by Crippen LogP contribution is -2.49. The standard InChI is InChI=1S/C19H29NO6/c1-6-11-10-19(11,17(24)25-7-2)20-15(22)13-8-12(21)9-14(13)16(23)26-18(3,4)5/h6,11-14,21H,1,7-10H2,2-5H3,(H,20,22)/t11-,12?,13-,14-,19-/m1/s1. The summed E-state index contributed by atoms with van der Waals surface area (Å²) in [5, 5.41) is 12.7. The molecule has 2 aliphatic rings. The van der Waals surface area contributed by atoms with Crippen LogP contribution in [0.4, 0.5) is 0 Å². The molecule has 0 radical (unpaired) electrons. The Bertz CT molecular complexity index is 595. The van der Waals surface area contributed by atoms with E-state index >= 15 is 0 Å². The van der Waals surface area contributed by atoms with Gasteiger partial charge in [-0.2, -0.15) is 0 Å². The number of esters is 2. The highest BCUT2D eigenvalue weighted by Gasteiger charge is 2.62. The fraction of sp³-hybridized carbons (Fsp3) is 0.737. The van der Waals surface area contributed by atoms with Gasteiger partial charge >= 0.3 is 11.9 Å². The zero-order valence-corrected chi connectivity index (χ0v) is 15.9. The largest absolute Gasteiger partial charge is 0.464 e. The van der Waals surface area contributed by atoms with Crippen LogP contribution in [0.15, 0.2) is 12.7 Å². The Hall–Kier alpha value is -1.89. The number of nitrogens with one attached hydrogen (secondary N) is 1. The molecule has 7 nitrogen and oxygen atoms in total. The molecule has 0 saturated heterocycles. The van der Waals surface area contributed by atoms with E-state index in [1.54, 1.807) is 33.8 Å². The van der Waals surface area contributed by atoms with Gasteiger partial charge < -0.3 is 19.9 Å². The van der Waals surface area contributed by atoms with Crippen molar-refractivity contribution in [3.8, 4) is 0 Å². The molecule has 2 rings (SSSR count). The third kappa shape index (κ3) is 4.26. The molecule has 0 aliphatic heterocycles. The van der Waals surface area contributed by atoms with Crippen LogP contribution in [-0.2, 0) is 23.9 Å². The van der Waals surface area contributed by atoms with Crippen LogP contribution < -0.4 is 5.32 Å².